The topological polar surface area (TPSA) is 58.4 Å². The van der Waals surface area contributed by atoms with Gasteiger partial charge in [0, 0.05) is 24.4 Å². The Hall–Kier alpha value is -1.88. The minimum Gasteiger partial charge on any atom is -0.390 e. The van der Waals surface area contributed by atoms with Crippen molar-refractivity contribution in [3.05, 3.63) is 30.5 Å². The van der Waals surface area contributed by atoms with E-state index in [0.717, 1.165) is 43.1 Å². The zero-order valence-corrected chi connectivity index (χ0v) is 14.2. The van der Waals surface area contributed by atoms with Crippen LogP contribution in [-0.4, -0.2) is 44.4 Å². The van der Waals surface area contributed by atoms with E-state index >= 15 is 0 Å². The van der Waals surface area contributed by atoms with E-state index in [4.69, 9.17) is 0 Å². The Morgan fingerprint density at radius 3 is 3.04 bits per heavy atom. The Kier molecular flexibility index (Phi) is 3.83. The van der Waals surface area contributed by atoms with E-state index in [1.54, 1.807) is 4.68 Å². The van der Waals surface area contributed by atoms with E-state index in [2.05, 4.69) is 12.0 Å². The molecule has 1 aromatic heterocycles. The van der Waals surface area contributed by atoms with Gasteiger partial charge in [0.1, 0.15) is 6.54 Å². The van der Waals surface area contributed by atoms with Crippen LogP contribution in [0.5, 0.6) is 0 Å². The molecule has 1 saturated heterocycles. The molecule has 5 nitrogen and oxygen atoms in total. The number of carbonyl (C=O) groups is 1. The second-order valence-corrected chi connectivity index (χ2v) is 7.38. The number of aromatic nitrogens is 2. The zero-order chi connectivity index (χ0) is 16.7. The molecule has 4 rings (SSSR count). The van der Waals surface area contributed by atoms with Crippen molar-refractivity contribution < 1.29 is 9.90 Å². The molecular formula is C19H25N3O2. The summed E-state index contributed by atoms with van der Waals surface area (Å²) in [5.41, 5.74) is 0.406. The molecule has 1 aliphatic heterocycles. The first-order chi connectivity index (χ1) is 11.6. The van der Waals surface area contributed by atoms with Gasteiger partial charge in [0.25, 0.3) is 0 Å². The Morgan fingerprint density at radius 1 is 1.38 bits per heavy atom. The van der Waals surface area contributed by atoms with Gasteiger partial charge in [0.05, 0.1) is 17.3 Å². The predicted molar refractivity (Wildman–Crippen MR) is 92.4 cm³/mol. The van der Waals surface area contributed by atoms with Gasteiger partial charge in [-0.15, -0.1) is 0 Å². The van der Waals surface area contributed by atoms with Crippen molar-refractivity contribution in [2.45, 2.75) is 44.8 Å². The van der Waals surface area contributed by atoms with Crippen molar-refractivity contribution in [3.63, 3.8) is 0 Å². The first-order valence-corrected chi connectivity index (χ1v) is 9.01. The number of amides is 1. The number of rotatable bonds is 3. The van der Waals surface area contributed by atoms with Gasteiger partial charge >= 0.3 is 0 Å². The highest BCUT2D eigenvalue weighted by Gasteiger charge is 2.48. The standard InChI is InChI=1S/C19H25N3O2/c1-2-19(24)9-5-7-15-11-21(12-16(15)19)18(23)13-22-17-8-4-3-6-14(17)10-20-22/h3-4,6,8,10,15-16,24H,2,5,7,9,11-13H2,1H3/t15-,16+,19-/m0/s1. The lowest BCUT2D eigenvalue weighted by Gasteiger charge is -2.40. The van der Waals surface area contributed by atoms with Crippen LogP contribution in [0.15, 0.2) is 30.5 Å². The van der Waals surface area contributed by atoms with Crippen LogP contribution in [0.4, 0.5) is 0 Å². The molecule has 0 spiro atoms. The molecule has 1 N–H and O–H groups in total. The van der Waals surface area contributed by atoms with E-state index in [1.807, 2.05) is 35.4 Å². The molecule has 128 valence electrons. The largest absolute Gasteiger partial charge is 0.390 e. The second-order valence-electron chi connectivity index (χ2n) is 7.38. The lowest BCUT2D eigenvalue weighted by Crippen LogP contribution is -2.44. The van der Waals surface area contributed by atoms with E-state index in [0.29, 0.717) is 12.5 Å². The molecule has 2 aromatic rings. The van der Waals surface area contributed by atoms with Crippen molar-refractivity contribution in [3.8, 4) is 0 Å². The van der Waals surface area contributed by atoms with Crippen molar-refractivity contribution in [2.24, 2.45) is 11.8 Å². The Morgan fingerprint density at radius 2 is 2.21 bits per heavy atom. The smallest absolute Gasteiger partial charge is 0.244 e. The summed E-state index contributed by atoms with van der Waals surface area (Å²) in [5.74, 6) is 0.785. The predicted octanol–water partition coefficient (Wildman–Crippen LogP) is 2.44. The van der Waals surface area contributed by atoms with Crippen molar-refractivity contribution >= 4 is 16.8 Å². The van der Waals surface area contributed by atoms with Crippen LogP contribution in [0, 0.1) is 11.8 Å². The molecule has 1 saturated carbocycles. The number of likely N-dealkylation sites (tertiary alicyclic amines) is 1. The number of carbonyl (C=O) groups excluding carboxylic acids is 1. The Labute approximate surface area is 142 Å². The molecule has 24 heavy (non-hydrogen) atoms. The maximum Gasteiger partial charge on any atom is 0.244 e. The number of benzene rings is 1. The summed E-state index contributed by atoms with van der Waals surface area (Å²) in [6, 6.07) is 7.95. The van der Waals surface area contributed by atoms with E-state index < -0.39 is 5.60 Å². The van der Waals surface area contributed by atoms with Crippen LogP contribution < -0.4 is 0 Å². The molecule has 2 fully saturated rings. The van der Waals surface area contributed by atoms with Gasteiger partial charge in [0.15, 0.2) is 0 Å². The van der Waals surface area contributed by atoms with Crippen LogP contribution in [0.1, 0.15) is 32.6 Å². The monoisotopic (exact) mass is 327 g/mol. The highest BCUT2D eigenvalue weighted by atomic mass is 16.3. The summed E-state index contributed by atoms with van der Waals surface area (Å²) in [6.07, 6.45) is 5.65. The van der Waals surface area contributed by atoms with Gasteiger partial charge in [-0.05, 0) is 31.2 Å². The summed E-state index contributed by atoms with van der Waals surface area (Å²) in [5, 5.41) is 16.3. The highest BCUT2D eigenvalue weighted by Crippen LogP contribution is 2.44. The molecule has 1 aromatic carbocycles. The molecular weight excluding hydrogens is 302 g/mol. The first-order valence-electron chi connectivity index (χ1n) is 9.01. The fourth-order valence-electron chi connectivity index (χ4n) is 4.65. The van der Waals surface area contributed by atoms with Crippen LogP contribution >= 0.6 is 0 Å². The summed E-state index contributed by atoms with van der Waals surface area (Å²) in [4.78, 5) is 14.7. The molecule has 1 amide bonds. The third kappa shape index (κ3) is 2.51. The van der Waals surface area contributed by atoms with E-state index in [-0.39, 0.29) is 18.4 Å². The molecule has 2 heterocycles. The number of nitrogens with zero attached hydrogens (tertiary/aromatic N) is 3. The summed E-state index contributed by atoms with van der Waals surface area (Å²) >= 11 is 0. The summed E-state index contributed by atoms with van der Waals surface area (Å²) in [7, 11) is 0. The second kappa shape index (κ2) is 5.88. The lowest BCUT2D eigenvalue weighted by atomic mass is 9.69. The fraction of sp³-hybridized carbons (Fsp3) is 0.579. The van der Waals surface area contributed by atoms with E-state index in [9.17, 15) is 9.90 Å². The summed E-state index contributed by atoms with van der Waals surface area (Å²) in [6.45, 7) is 3.80. The van der Waals surface area contributed by atoms with E-state index in [1.165, 1.54) is 0 Å². The average Bonchev–Trinajstić information content (AvgIpc) is 3.21. The van der Waals surface area contributed by atoms with Gasteiger partial charge < -0.3 is 10.0 Å². The van der Waals surface area contributed by atoms with Crippen LogP contribution in [0.2, 0.25) is 0 Å². The average molecular weight is 327 g/mol. The number of hydrogen-bond donors (Lipinski definition) is 1. The minimum absolute atomic E-state index is 0.108. The number of hydrogen-bond acceptors (Lipinski definition) is 3. The summed E-state index contributed by atoms with van der Waals surface area (Å²) < 4.78 is 1.78. The van der Waals surface area contributed by atoms with Gasteiger partial charge in [-0.2, -0.15) is 5.10 Å². The molecule has 2 aliphatic rings. The normalized spacial score (nSPS) is 29.8. The van der Waals surface area contributed by atoms with Crippen LogP contribution in [-0.2, 0) is 11.3 Å². The van der Waals surface area contributed by atoms with Gasteiger partial charge in [-0.1, -0.05) is 31.5 Å². The maximum absolute atomic E-state index is 12.8. The minimum atomic E-state index is -0.587. The lowest BCUT2D eigenvalue weighted by molar-refractivity contribution is -0.131. The number of para-hydroxylation sites is 1. The molecule has 3 atom stereocenters. The molecule has 5 heteroatoms. The quantitative estimate of drug-likeness (QED) is 0.942. The highest BCUT2D eigenvalue weighted by molar-refractivity contribution is 5.82. The van der Waals surface area contributed by atoms with Gasteiger partial charge in [0.2, 0.25) is 5.91 Å². The molecule has 0 unspecified atom stereocenters. The zero-order valence-electron chi connectivity index (χ0n) is 14.2. The maximum atomic E-state index is 12.8. The van der Waals surface area contributed by atoms with Crippen molar-refractivity contribution in [2.75, 3.05) is 13.1 Å². The first kappa shape index (κ1) is 15.6. The van der Waals surface area contributed by atoms with Crippen LogP contribution in [0.3, 0.4) is 0 Å². The van der Waals surface area contributed by atoms with Gasteiger partial charge in [-0.3, -0.25) is 9.48 Å². The fourth-order valence-corrected chi connectivity index (χ4v) is 4.65. The van der Waals surface area contributed by atoms with Crippen LogP contribution in [0.25, 0.3) is 10.9 Å². The third-order valence-corrected chi connectivity index (χ3v) is 6.12. The number of fused-ring (bicyclic) bond motifs is 2. The molecule has 0 radical (unpaired) electrons. The van der Waals surface area contributed by atoms with Gasteiger partial charge in [-0.25, -0.2) is 0 Å². The number of aliphatic hydroxyl groups is 1. The Bertz CT molecular complexity index is 756. The SMILES string of the molecule is CC[C@]1(O)CCC[C@H]2CN(C(=O)Cn3ncc4ccccc43)C[C@H]21. The van der Waals surface area contributed by atoms with Crippen molar-refractivity contribution in [1.29, 1.82) is 0 Å². The third-order valence-electron chi connectivity index (χ3n) is 6.12. The molecule has 0 bridgehead atoms. The molecule has 1 aliphatic carbocycles. The van der Waals surface area contributed by atoms with Crippen molar-refractivity contribution in [1.82, 2.24) is 14.7 Å². The Balaban J connectivity index is 1.50.